The van der Waals surface area contributed by atoms with Gasteiger partial charge in [0.25, 0.3) is 11.8 Å². The number of hydrogen-bond acceptors (Lipinski definition) is 10. The number of fused-ring (bicyclic) bond motifs is 1. The van der Waals surface area contributed by atoms with Crippen LogP contribution in [0.25, 0.3) is 15.4 Å². The van der Waals surface area contributed by atoms with Gasteiger partial charge in [-0.25, -0.2) is 14.6 Å². The molecule has 4 atom stereocenters. The number of aromatic nitrogens is 2. The Labute approximate surface area is 338 Å². The first-order chi connectivity index (χ1) is 28.1. The lowest BCUT2D eigenvalue weighted by atomic mass is 9.98. The second-order valence-corrected chi connectivity index (χ2v) is 15.1. The molecule has 4 heterocycles. The van der Waals surface area contributed by atoms with E-state index in [-0.39, 0.29) is 17.7 Å². The number of ether oxygens (including phenoxy) is 2. The van der Waals surface area contributed by atoms with Crippen molar-refractivity contribution in [2.75, 3.05) is 37.9 Å². The molecule has 2 aromatic carbocycles. The number of alkyl carbamates (subject to hydrolysis) is 2. The van der Waals surface area contributed by atoms with Crippen molar-refractivity contribution in [3.05, 3.63) is 96.4 Å². The van der Waals surface area contributed by atoms with Crippen molar-refractivity contribution in [2.24, 2.45) is 0 Å². The number of nitrogens with one attached hydrogen (secondary N) is 4. The Morgan fingerprint density at radius 2 is 1.38 bits per heavy atom. The molecule has 0 spiro atoms. The normalized spacial score (nSPS) is 18.6. The molecule has 4 aromatic rings. The third kappa shape index (κ3) is 8.73. The average Bonchev–Trinajstić information content (AvgIpc) is 4.07. The number of amides is 6. The van der Waals surface area contributed by atoms with Crippen LogP contribution in [-0.2, 0) is 28.7 Å². The molecule has 16 nitrogen and oxygen atoms in total. The zero-order valence-corrected chi connectivity index (χ0v) is 32.8. The van der Waals surface area contributed by atoms with Crippen molar-refractivity contribution in [2.45, 2.75) is 62.7 Å². The van der Waals surface area contributed by atoms with Crippen LogP contribution in [0.15, 0.2) is 90.8 Å². The van der Waals surface area contributed by atoms with Crippen LogP contribution >= 0.6 is 11.3 Å². The lowest BCUT2D eigenvalue weighted by Gasteiger charge is -2.29. The van der Waals surface area contributed by atoms with Crippen LogP contribution in [-0.4, -0.2) is 100 Å². The quantitative estimate of drug-likeness (QED) is 0.161. The minimum absolute atomic E-state index is 0.325. The molecule has 6 amide bonds. The highest BCUT2D eigenvalue weighted by Gasteiger charge is 2.40. The van der Waals surface area contributed by atoms with Gasteiger partial charge < -0.3 is 40.5 Å². The van der Waals surface area contributed by atoms with E-state index in [0.29, 0.717) is 66.4 Å². The van der Waals surface area contributed by atoms with Crippen LogP contribution in [0.5, 0.6) is 0 Å². The Bertz CT molecular complexity index is 2220. The van der Waals surface area contributed by atoms with Gasteiger partial charge in [0.15, 0.2) is 10.8 Å². The lowest BCUT2D eigenvalue weighted by molar-refractivity contribution is -0.138. The molecule has 58 heavy (non-hydrogen) atoms. The standard InChI is InChI=1S/C41H44N8O8S/c1-56-40(54)45-33(26-11-5-3-6-12-26)37(52)48-21-9-15-29(48)35(50)42-28-19-17-25(18-20-28)31-23-47-24-32(44-39(47)58-31)43-36(51)30-16-10-22-49(30)38(53)34(46-41(55)57-2)27-13-7-4-8-14-27/h3,5-7,11-14,17-20,23-24,29-30,33-34H,4,8-10,15-16,21-22H2,1-2H3,(H,42,50)(H,43,51)(H,45,54)(H,46,55)/t29-,30-,33+,34+/m0/s1. The predicted molar refractivity (Wildman–Crippen MR) is 216 cm³/mol. The van der Waals surface area contributed by atoms with Gasteiger partial charge in [0.2, 0.25) is 11.8 Å². The first-order valence-corrected chi connectivity index (χ1v) is 19.9. The molecular weight excluding hydrogens is 765 g/mol. The molecule has 4 N–H and O–H groups in total. The Morgan fingerprint density at radius 1 is 0.759 bits per heavy atom. The number of likely N-dealkylation sites (tertiary alicyclic amines) is 2. The van der Waals surface area contributed by atoms with E-state index in [4.69, 9.17) is 9.47 Å². The van der Waals surface area contributed by atoms with Gasteiger partial charge in [-0.15, -0.1) is 0 Å². The van der Waals surface area contributed by atoms with Gasteiger partial charge in [-0.05, 0) is 67.4 Å². The fourth-order valence-corrected chi connectivity index (χ4v) is 8.47. The number of benzene rings is 2. The van der Waals surface area contributed by atoms with Gasteiger partial charge in [0.1, 0.15) is 24.2 Å². The maximum atomic E-state index is 13.7. The molecule has 0 saturated carbocycles. The molecule has 2 aromatic heterocycles. The summed E-state index contributed by atoms with van der Waals surface area (Å²) < 4.78 is 11.3. The maximum absolute atomic E-state index is 13.7. The molecule has 0 bridgehead atoms. The molecule has 2 saturated heterocycles. The van der Waals surface area contributed by atoms with Crippen molar-refractivity contribution < 1.29 is 38.2 Å². The molecule has 3 aliphatic rings. The zero-order chi connectivity index (χ0) is 40.8. The van der Waals surface area contributed by atoms with Gasteiger partial charge in [-0.3, -0.25) is 23.6 Å². The topological polar surface area (TPSA) is 193 Å². The number of carbonyl (C=O) groups is 6. The predicted octanol–water partition coefficient (Wildman–Crippen LogP) is 5.02. The fourth-order valence-electron chi connectivity index (χ4n) is 7.50. The summed E-state index contributed by atoms with van der Waals surface area (Å²) in [6.45, 7) is 0.751. The monoisotopic (exact) mass is 808 g/mol. The Hall–Kier alpha value is -6.49. The Balaban J connectivity index is 0.971. The highest BCUT2D eigenvalue weighted by Crippen LogP contribution is 2.32. The number of rotatable bonds is 11. The van der Waals surface area contributed by atoms with Gasteiger partial charge >= 0.3 is 12.2 Å². The number of thiazole rings is 1. The lowest BCUT2D eigenvalue weighted by Crippen LogP contribution is -2.53. The SMILES string of the molecule is COC(=O)N[C@@H](C(=O)N1CCC[C@H]1C(=O)Nc1cn2cc(-c3ccc(NC(=O)[C@@H]4CCCN4C(=O)[C@H](NC(=O)OC)c4ccccc4)cc3)sc2n1)C1=CCCC=C1. The number of carbonyl (C=O) groups excluding carboxylic acids is 6. The van der Waals surface area contributed by atoms with Crippen LogP contribution in [0.3, 0.4) is 0 Å². The summed E-state index contributed by atoms with van der Waals surface area (Å²) in [4.78, 5) is 87.9. The van der Waals surface area contributed by atoms with Gasteiger partial charge in [0.05, 0.1) is 25.3 Å². The van der Waals surface area contributed by atoms with Gasteiger partial charge in [-0.2, -0.15) is 0 Å². The fraction of sp³-hybridized carbons (Fsp3) is 0.341. The summed E-state index contributed by atoms with van der Waals surface area (Å²) in [5.41, 5.74) is 2.68. The molecule has 7 rings (SSSR count). The smallest absolute Gasteiger partial charge is 0.407 e. The van der Waals surface area contributed by atoms with Crippen molar-refractivity contribution in [3.63, 3.8) is 0 Å². The minimum Gasteiger partial charge on any atom is -0.453 e. The zero-order valence-electron chi connectivity index (χ0n) is 32.0. The number of allylic oxidation sites excluding steroid dienone is 2. The molecule has 0 radical (unpaired) electrons. The van der Waals surface area contributed by atoms with Crippen molar-refractivity contribution >= 4 is 63.6 Å². The molecule has 2 fully saturated rings. The summed E-state index contributed by atoms with van der Waals surface area (Å²) in [7, 11) is 2.46. The van der Waals surface area contributed by atoms with E-state index in [1.165, 1.54) is 35.4 Å². The van der Waals surface area contributed by atoms with Crippen molar-refractivity contribution in [3.8, 4) is 10.4 Å². The van der Waals surface area contributed by atoms with Crippen LogP contribution in [0.4, 0.5) is 21.1 Å². The molecular formula is C41H44N8O8S. The van der Waals surface area contributed by atoms with E-state index in [1.807, 2.05) is 47.0 Å². The van der Waals surface area contributed by atoms with Crippen LogP contribution in [0.2, 0.25) is 0 Å². The second kappa shape index (κ2) is 17.8. The minimum atomic E-state index is -1.01. The van der Waals surface area contributed by atoms with Gasteiger partial charge in [-0.1, -0.05) is 72.0 Å². The van der Waals surface area contributed by atoms with Crippen molar-refractivity contribution in [1.29, 1.82) is 0 Å². The van der Waals surface area contributed by atoms with Crippen LogP contribution < -0.4 is 21.3 Å². The average molecular weight is 809 g/mol. The van der Waals surface area contributed by atoms with E-state index < -0.39 is 42.3 Å². The molecule has 1 aliphatic carbocycles. The number of imidazole rings is 1. The summed E-state index contributed by atoms with van der Waals surface area (Å²) in [6.07, 6.45) is 11.6. The summed E-state index contributed by atoms with van der Waals surface area (Å²) in [5, 5.41) is 11.1. The second-order valence-electron chi connectivity index (χ2n) is 14.1. The van der Waals surface area contributed by atoms with Crippen molar-refractivity contribution in [1.82, 2.24) is 29.8 Å². The number of methoxy groups -OCH3 is 2. The van der Waals surface area contributed by atoms with E-state index >= 15 is 0 Å². The van der Waals surface area contributed by atoms with E-state index in [1.54, 1.807) is 42.6 Å². The Kier molecular flexibility index (Phi) is 12.2. The summed E-state index contributed by atoms with van der Waals surface area (Å²) >= 11 is 1.41. The maximum Gasteiger partial charge on any atom is 0.407 e. The first-order valence-electron chi connectivity index (χ1n) is 19.1. The van der Waals surface area contributed by atoms with Crippen LogP contribution in [0, 0.1) is 0 Å². The highest BCUT2D eigenvalue weighted by molar-refractivity contribution is 7.20. The summed E-state index contributed by atoms with van der Waals surface area (Å²) in [6, 6.07) is 12.7. The van der Waals surface area contributed by atoms with Gasteiger partial charge in [0, 0.05) is 25.0 Å². The third-order valence-corrected chi connectivity index (χ3v) is 11.4. The Morgan fingerprint density at radius 3 is 1.98 bits per heavy atom. The molecule has 2 aliphatic heterocycles. The van der Waals surface area contributed by atoms with E-state index in [2.05, 4.69) is 26.3 Å². The number of anilines is 2. The molecule has 302 valence electrons. The third-order valence-electron chi connectivity index (χ3n) is 10.4. The number of nitrogens with zero attached hydrogens (tertiary/aromatic N) is 4. The van der Waals surface area contributed by atoms with E-state index in [0.717, 1.165) is 23.3 Å². The first kappa shape index (κ1) is 39.7. The van der Waals surface area contributed by atoms with Crippen LogP contribution in [0.1, 0.15) is 50.1 Å². The highest BCUT2D eigenvalue weighted by atomic mass is 32.1. The largest absolute Gasteiger partial charge is 0.453 e. The van der Waals surface area contributed by atoms with E-state index in [9.17, 15) is 28.8 Å². The molecule has 17 heteroatoms. The number of hydrogen-bond donors (Lipinski definition) is 4. The summed E-state index contributed by atoms with van der Waals surface area (Å²) in [5.74, 6) is -1.11. The molecule has 0 unspecified atom stereocenters.